The summed E-state index contributed by atoms with van der Waals surface area (Å²) in [5.74, 6) is -1.43. The number of benzene rings is 1. The first-order valence-electron chi connectivity index (χ1n) is 4.20. The van der Waals surface area contributed by atoms with Gasteiger partial charge in [0, 0.05) is 4.90 Å². The number of halogens is 2. The summed E-state index contributed by atoms with van der Waals surface area (Å²) in [4.78, 5) is 11.5. The molecule has 0 aliphatic carbocycles. The lowest BCUT2D eigenvalue weighted by molar-refractivity contribution is -0.138. The number of hydrogen-bond donors (Lipinski definition) is 1. The van der Waals surface area contributed by atoms with Gasteiger partial charge < -0.3 is 5.11 Å². The lowest BCUT2D eigenvalue weighted by Gasteiger charge is -2.18. The zero-order valence-corrected chi connectivity index (χ0v) is 9.82. The van der Waals surface area contributed by atoms with Gasteiger partial charge in [0.05, 0.1) is 5.02 Å². The molecule has 1 aromatic carbocycles. The van der Waals surface area contributed by atoms with Crippen LogP contribution < -0.4 is 0 Å². The molecule has 2 nitrogen and oxygen atoms in total. The van der Waals surface area contributed by atoms with E-state index in [9.17, 15) is 9.18 Å². The molecule has 0 aliphatic heterocycles. The average molecular weight is 249 g/mol. The molecular formula is C10H10ClFO2S. The normalized spacial score (nSPS) is 11.5. The molecular weight excluding hydrogens is 239 g/mol. The highest BCUT2D eigenvalue weighted by atomic mass is 35.5. The smallest absolute Gasteiger partial charge is 0.319 e. The second kappa shape index (κ2) is 4.41. The number of aliphatic carboxylic acids is 1. The lowest BCUT2D eigenvalue weighted by atomic mass is 10.2. The van der Waals surface area contributed by atoms with Crippen LogP contribution in [-0.2, 0) is 4.79 Å². The zero-order chi connectivity index (χ0) is 11.6. The highest BCUT2D eigenvalue weighted by Crippen LogP contribution is 2.34. The van der Waals surface area contributed by atoms with Crippen molar-refractivity contribution >= 4 is 29.3 Å². The first kappa shape index (κ1) is 12.3. The Morgan fingerprint density at radius 3 is 2.60 bits per heavy atom. The summed E-state index contributed by atoms with van der Waals surface area (Å²) in [6.45, 7) is 3.16. The van der Waals surface area contributed by atoms with Crippen molar-refractivity contribution in [3.8, 4) is 0 Å². The monoisotopic (exact) mass is 248 g/mol. The highest BCUT2D eigenvalue weighted by molar-refractivity contribution is 8.01. The standard InChI is InChI=1S/C10H10ClFO2S/c1-10(2,9(13)14)15-6-3-4-8(12)7(11)5-6/h3-5H,1-2H3,(H,13,14). The number of rotatable bonds is 3. The Kier molecular flexibility index (Phi) is 3.62. The molecule has 15 heavy (non-hydrogen) atoms. The molecule has 82 valence electrons. The fraction of sp³-hybridized carbons (Fsp3) is 0.300. The summed E-state index contributed by atoms with van der Waals surface area (Å²) in [6.07, 6.45) is 0. The lowest BCUT2D eigenvalue weighted by Crippen LogP contribution is -2.26. The Labute approximate surface area is 96.4 Å². The van der Waals surface area contributed by atoms with Crippen molar-refractivity contribution in [3.05, 3.63) is 29.0 Å². The number of carboxylic acid groups (broad SMARTS) is 1. The van der Waals surface area contributed by atoms with Gasteiger partial charge in [-0.25, -0.2) is 4.39 Å². The van der Waals surface area contributed by atoms with Crippen molar-refractivity contribution in [2.45, 2.75) is 23.5 Å². The maximum absolute atomic E-state index is 12.8. The van der Waals surface area contributed by atoms with Gasteiger partial charge in [0.1, 0.15) is 10.6 Å². The van der Waals surface area contributed by atoms with Gasteiger partial charge in [0.15, 0.2) is 0 Å². The van der Waals surface area contributed by atoms with Crippen LogP contribution in [0.3, 0.4) is 0 Å². The molecule has 0 saturated heterocycles. The SMILES string of the molecule is CC(C)(Sc1ccc(F)c(Cl)c1)C(=O)O. The molecule has 0 aliphatic rings. The topological polar surface area (TPSA) is 37.3 Å². The van der Waals surface area contributed by atoms with Crippen molar-refractivity contribution in [1.29, 1.82) is 0 Å². The second-order valence-electron chi connectivity index (χ2n) is 3.49. The molecule has 1 aromatic rings. The van der Waals surface area contributed by atoms with Crippen molar-refractivity contribution in [2.75, 3.05) is 0 Å². The van der Waals surface area contributed by atoms with Crippen molar-refractivity contribution in [1.82, 2.24) is 0 Å². The number of carbonyl (C=O) groups is 1. The van der Waals surface area contributed by atoms with Crippen molar-refractivity contribution < 1.29 is 14.3 Å². The zero-order valence-electron chi connectivity index (χ0n) is 8.25. The van der Waals surface area contributed by atoms with E-state index in [0.717, 1.165) is 11.8 Å². The summed E-state index contributed by atoms with van der Waals surface area (Å²) < 4.78 is 11.9. The van der Waals surface area contributed by atoms with Gasteiger partial charge in [-0.05, 0) is 32.0 Å². The van der Waals surface area contributed by atoms with Crippen LogP contribution in [0.15, 0.2) is 23.1 Å². The van der Waals surface area contributed by atoms with E-state index in [4.69, 9.17) is 16.7 Å². The molecule has 0 aromatic heterocycles. The fourth-order valence-corrected chi connectivity index (χ4v) is 2.11. The van der Waals surface area contributed by atoms with Crippen LogP contribution in [-0.4, -0.2) is 15.8 Å². The van der Waals surface area contributed by atoms with E-state index < -0.39 is 16.5 Å². The second-order valence-corrected chi connectivity index (χ2v) is 5.60. The van der Waals surface area contributed by atoms with Crippen molar-refractivity contribution in [2.24, 2.45) is 0 Å². The van der Waals surface area contributed by atoms with E-state index >= 15 is 0 Å². The predicted molar refractivity (Wildman–Crippen MR) is 59.0 cm³/mol. The third kappa shape index (κ3) is 3.11. The minimum absolute atomic E-state index is 0.00110. The highest BCUT2D eigenvalue weighted by Gasteiger charge is 2.28. The quantitative estimate of drug-likeness (QED) is 0.833. The van der Waals surface area contributed by atoms with E-state index in [2.05, 4.69) is 0 Å². The van der Waals surface area contributed by atoms with E-state index in [0.29, 0.717) is 4.90 Å². The van der Waals surface area contributed by atoms with Crippen LogP contribution in [0, 0.1) is 5.82 Å². The summed E-state index contributed by atoms with van der Waals surface area (Å²) in [7, 11) is 0. The van der Waals surface area contributed by atoms with Crippen LogP contribution >= 0.6 is 23.4 Å². The molecule has 0 heterocycles. The molecule has 0 saturated carbocycles. The maximum atomic E-state index is 12.8. The number of thioether (sulfide) groups is 1. The summed E-state index contributed by atoms with van der Waals surface area (Å²) >= 11 is 6.71. The fourth-order valence-electron chi connectivity index (χ4n) is 0.879. The molecule has 0 unspecified atom stereocenters. The summed E-state index contributed by atoms with van der Waals surface area (Å²) in [5.41, 5.74) is 0. The van der Waals surface area contributed by atoms with Crippen LogP contribution in [0.2, 0.25) is 5.02 Å². The molecule has 0 spiro atoms. The van der Waals surface area contributed by atoms with E-state index in [1.165, 1.54) is 18.2 Å². The Morgan fingerprint density at radius 1 is 1.53 bits per heavy atom. The summed E-state index contributed by atoms with van der Waals surface area (Å²) in [5, 5.41) is 8.90. The molecule has 1 N–H and O–H groups in total. The Balaban J connectivity index is 2.91. The van der Waals surface area contributed by atoms with Gasteiger partial charge >= 0.3 is 5.97 Å². The van der Waals surface area contributed by atoms with Crippen LogP contribution in [0.25, 0.3) is 0 Å². The molecule has 0 atom stereocenters. The Morgan fingerprint density at radius 2 is 2.13 bits per heavy atom. The molecule has 5 heteroatoms. The van der Waals surface area contributed by atoms with Gasteiger partial charge in [-0.1, -0.05) is 11.6 Å². The van der Waals surface area contributed by atoms with Crippen molar-refractivity contribution in [3.63, 3.8) is 0 Å². The molecule has 0 radical (unpaired) electrons. The first-order chi connectivity index (χ1) is 6.83. The molecule has 0 amide bonds. The van der Waals surface area contributed by atoms with Gasteiger partial charge in [0.25, 0.3) is 0 Å². The van der Waals surface area contributed by atoms with Crippen LogP contribution in [0.4, 0.5) is 4.39 Å². The van der Waals surface area contributed by atoms with Gasteiger partial charge in [-0.2, -0.15) is 0 Å². The molecule has 0 fully saturated rings. The predicted octanol–water partition coefficient (Wildman–Crippen LogP) is 3.43. The van der Waals surface area contributed by atoms with Crippen LogP contribution in [0.1, 0.15) is 13.8 Å². The largest absolute Gasteiger partial charge is 0.480 e. The third-order valence-corrected chi connectivity index (χ3v) is 3.24. The molecule has 1 rings (SSSR count). The van der Waals surface area contributed by atoms with E-state index in [-0.39, 0.29) is 5.02 Å². The Hall–Kier alpha value is -0.740. The third-order valence-electron chi connectivity index (χ3n) is 1.78. The first-order valence-corrected chi connectivity index (χ1v) is 5.40. The Bertz CT molecular complexity index is 393. The average Bonchev–Trinajstić information content (AvgIpc) is 2.10. The molecule has 0 bridgehead atoms. The maximum Gasteiger partial charge on any atom is 0.319 e. The van der Waals surface area contributed by atoms with Gasteiger partial charge in [0.2, 0.25) is 0 Å². The minimum atomic E-state index is -0.957. The van der Waals surface area contributed by atoms with E-state index in [1.54, 1.807) is 13.8 Å². The number of carboxylic acids is 1. The number of hydrogen-bond acceptors (Lipinski definition) is 2. The summed E-state index contributed by atoms with van der Waals surface area (Å²) in [6, 6.07) is 4.16. The van der Waals surface area contributed by atoms with Gasteiger partial charge in [-0.15, -0.1) is 11.8 Å². The minimum Gasteiger partial charge on any atom is -0.480 e. The van der Waals surface area contributed by atoms with Gasteiger partial charge in [-0.3, -0.25) is 4.79 Å². The van der Waals surface area contributed by atoms with Crippen LogP contribution in [0.5, 0.6) is 0 Å². The van der Waals surface area contributed by atoms with E-state index in [1.807, 2.05) is 0 Å².